The van der Waals surface area contributed by atoms with Crippen molar-refractivity contribution < 1.29 is 9.84 Å². The van der Waals surface area contributed by atoms with Crippen LogP contribution in [0.1, 0.15) is 25.0 Å². The zero-order chi connectivity index (χ0) is 13.4. The maximum Gasteiger partial charge on any atom is 0.118 e. The Morgan fingerprint density at radius 3 is 2.50 bits per heavy atom. The summed E-state index contributed by atoms with van der Waals surface area (Å²) in [5.74, 6) is 1.89. The highest BCUT2D eigenvalue weighted by atomic mass is 32.2. The minimum absolute atomic E-state index is 0.466. The van der Waals surface area contributed by atoms with Crippen molar-refractivity contribution in [3.05, 3.63) is 29.8 Å². The molecular weight excluding hydrogens is 246 g/mol. The van der Waals surface area contributed by atoms with E-state index in [4.69, 9.17) is 4.74 Å². The van der Waals surface area contributed by atoms with Crippen LogP contribution in [-0.2, 0) is 0 Å². The van der Waals surface area contributed by atoms with Gasteiger partial charge in [0.15, 0.2) is 0 Å². The van der Waals surface area contributed by atoms with Crippen LogP contribution in [-0.4, -0.2) is 36.8 Å². The molecule has 0 saturated heterocycles. The molecule has 2 atom stereocenters. The van der Waals surface area contributed by atoms with Gasteiger partial charge in [-0.15, -0.1) is 0 Å². The van der Waals surface area contributed by atoms with Crippen LogP contribution in [0.15, 0.2) is 24.3 Å². The molecule has 0 aliphatic rings. The van der Waals surface area contributed by atoms with Gasteiger partial charge < -0.3 is 15.2 Å². The van der Waals surface area contributed by atoms with Crippen molar-refractivity contribution in [1.29, 1.82) is 0 Å². The van der Waals surface area contributed by atoms with E-state index in [1.54, 1.807) is 7.11 Å². The summed E-state index contributed by atoms with van der Waals surface area (Å²) in [7, 11) is 1.64. The Labute approximate surface area is 114 Å². The van der Waals surface area contributed by atoms with E-state index in [1.165, 1.54) is 0 Å². The Bertz CT molecular complexity index is 329. The van der Waals surface area contributed by atoms with E-state index < -0.39 is 6.10 Å². The first-order chi connectivity index (χ1) is 8.71. The van der Waals surface area contributed by atoms with Crippen molar-refractivity contribution in [2.45, 2.75) is 25.5 Å². The van der Waals surface area contributed by atoms with Gasteiger partial charge in [-0.2, -0.15) is 11.8 Å². The third kappa shape index (κ3) is 4.88. The van der Waals surface area contributed by atoms with Crippen molar-refractivity contribution in [2.24, 2.45) is 0 Å². The molecule has 0 aliphatic carbocycles. The SMILES string of the molecule is CCC(CSC)NCC(O)c1ccc(OC)cc1. The molecule has 102 valence electrons. The Morgan fingerprint density at radius 1 is 1.33 bits per heavy atom. The number of hydrogen-bond acceptors (Lipinski definition) is 4. The molecular formula is C14H23NO2S. The number of rotatable bonds is 8. The fourth-order valence-electron chi connectivity index (χ4n) is 1.74. The Balaban J connectivity index is 2.45. The number of nitrogens with one attached hydrogen (secondary N) is 1. The average Bonchev–Trinajstić information content (AvgIpc) is 2.43. The first-order valence-electron chi connectivity index (χ1n) is 6.25. The average molecular weight is 269 g/mol. The summed E-state index contributed by atoms with van der Waals surface area (Å²) in [5.41, 5.74) is 0.919. The quantitative estimate of drug-likeness (QED) is 0.761. The fraction of sp³-hybridized carbons (Fsp3) is 0.571. The molecule has 2 unspecified atom stereocenters. The summed E-state index contributed by atoms with van der Waals surface area (Å²) < 4.78 is 5.10. The minimum atomic E-state index is -0.466. The number of ether oxygens (including phenoxy) is 1. The lowest BCUT2D eigenvalue weighted by Crippen LogP contribution is -2.34. The van der Waals surface area contributed by atoms with Crippen LogP contribution >= 0.6 is 11.8 Å². The number of hydrogen-bond donors (Lipinski definition) is 2. The molecule has 4 heteroatoms. The van der Waals surface area contributed by atoms with E-state index in [9.17, 15) is 5.11 Å². The predicted octanol–water partition coefficient (Wildman–Crippen LogP) is 2.46. The molecule has 0 heterocycles. The molecule has 1 aromatic carbocycles. The summed E-state index contributed by atoms with van der Waals surface area (Å²) in [6, 6.07) is 8.02. The normalized spacial score (nSPS) is 14.2. The summed E-state index contributed by atoms with van der Waals surface area (Å²) in [4.78, 5) is 0. The molecule has 0 fully saturated rings. The Morgan fingerprint density at radius 2 is 2.00 bits per heavy atom. The van der Waals surface area contributed by atoms with Gasteiger partial charge in [0, 0.05) is 18.3 Å². The molecule has 0 amide bonds. The zero-order valence-electron chi connectivity index (χ0n) is 11.3. The number of aliphatic hydroxyl groups is 1. The van der Waals surface area contributed by atoms with Gasteiger partial charge in [0.25, 0.3) is 0 Å². The van der Waals surface area contributed by atoms with Gasteiger partial charge in [0.05, 0.1) is 13.2 Å². The molecule has 1 aromatic rings. The summed E-state index contributed by atoms with van der Waals surface area (Å²) in [6.45, 7) is 2.75. The van der Waals surface area contributed by atoms with Crippen molar-refractivity contribution in [2.75, 3.05) is 25.7 Å². The first-order valence-corrected chi connectivity index (χ1v) is 7.65. The molecule has 1 rings (SSSR count). The number of thioether (sulfide) groups is 1. The second-order valence-corrected chi connectivity index (χ2v) is 5.17. The fourth-order valence-corrected chi connectivity index (χ4v) is 2.50. The van der Waals surface area contributed by atoms with Gasteiger partial charge in [-0.25, -0.2) is 0 Å². The zero-order valence-corrected chi connectivity index (χ0v) is 12.2. The molecule has 0 spiro atoms. The highest BCUT2D eigenvalue weighted by molar-refractivity contribution is 7.98. The van der Waals surface area contributed by atoms with Gasteiger partial charge in [-0.05, 0) is 30.4 Å². The molecule has 0 saturated carbocycles. The van der Waals surface area contributed by atoms with Crippen LogP contribution in [0.2, 0.25) is 0 Å². The number of benzene rings is 1. The maximum absolute atomic E-state index is 10.1. The second-order valence-electron chi connectivity index (χ2n) is 4.26. The van der Waals surface area contributed by atoms with E-state index in [0.29, 0.717) is 12.6 Å². The Hall–Kier alpha value is -0.710. The molecule has 18 heavy (non-hydrogen) atoms. The molecule has 3 nitrogen and oxygen atoms in total. The van der Waals surface area contributed by atoms with Crippen molar-refractivity contribution >= 4 is 11.8 Å². The van der Waals surface area contributed by atoms with Crippen LogP contribution < -0.4 is 10.1 Å². The van der Waals surface area contributed by atoms with Gasteiger partial charge in [0.2, 0.25) is 0 Å². The van der Waals surface area contributed by atoms with E-state index in [1.807, 2.05) is 36.0 Å². The molecule has 2 N–H and O–H groups in total. The van der Waals surface area contributed by atoms with E-state index in [-0.39, 0.29) is 0 Å². The Kier molecular flexibility index (Phi) is 7.16. The standard InChI is InChI=1S/C14H23NO2S/c1-4-12(10-18-3)15-9-14(16)11-5-7-13(17-2)8-6-11/h5-8,12,14-16H,4,9-10H2,1-3H3. The monoisotopic (exact) mass is 269 g/mol. The molecule has 0 radical (unpaired) electrons. The van der Waals surface area contributed by atoms with E-state index in [0.717, 1.165) is 23.5 Å². The van der Waals surface area contributed by atoms with E-state index >= 15 is 0 Å². The lowest BCUT2D eigenvalue weighted by molar-refractivity contribution is 0.170. The summed E-state index contributed by atoms with van der Waals surface area (Å²) in [5, 5.41) is 13.5. The first kappa shape index (κ1) is 15.3. The minimum Gasteiger partial charge on any atom is -0.497 e. The van der Waals surface area contributed by atoms with Crippen LogP contribution in [0.4, 0.5) is 0 Å². The van der Waals surface area contributed by atoms with Gasteiger partial charge in [-0.3, -0.25) is 0 Å². The molecule has 0 aromatic heterocycles. The predicted molar refractivity (Wildman–Crippen MR) is 78.4 cm³/mol. The maximum atomic E-state index is 10.1. The van der Waals surface area contributed by atoms with E-state index in [2.05, 4.69) is 18.5 Å². The van der Waals surface area contributed by atoms with Gasteiger partial charge in [0.1, 0.15) is 5.75 Å². The summed E-state index contributed by atoms with van der Waals surface area (Å²) >= 11 is 1.83. The van der Waals surface area contributed by atoms with Crippen molar-refractivity contribution in [3.8, 4) is 5.75 Å². The topological polar surface area (TPSA) is 41.5 Å². The van der Waals surface area contributed by atoms with Crippen LogP contribution in [0.25, 0.3) is 0 Å². The van der Waals surface area contributed by atoms with Crippen LogP contribution in [0.3, 0.4) is 0 Å². The lowest BCUT2D eigenvalue weighted by Gasteiger charge is -2.19. The highest BCUT2D eigenvalue weighted by Gasteiger charge is 2.10. The summed E-state index contributed by atoms with van der Waals surface area (Å²) in [6.07, 6.45) is 2.72. The van der Waals surface area contributed by atoms with Gasteiger partial charge >= 0.3 is 0 Å². The molecule has 0 bridgehead atoms. The third-order valence-electron chi connectivity index (χ3n) is 2.96. The third-order valence-corrected chi connectivity index (χ3v) is 3.70. The van der Waals surface area contributed by atoms with Crippen molar-refractivity contribution in [3.63, 3.8) is 0 Å². The van der Waals surface area contributed by atoms with Crippen molar-refractivity contribution in [1.82, 2.24) is 5.32 Å². The van der Waals surface area contributed by atoms with Crippen LogP contribution in [0.5, 0.6) is 5.75 Å². The van der Waals surface area contributed by atoms with Gasteiger partial charge in [-0.1, -0.05) is 19.1 Å². The second kappa shape index (κ2) is 8.40. The smallest absolute Gasteiger partial charge is 0.118 e. The van der Waals surface area contributed by atoms with Crippen LogP contribution in [0, 0.1) is 0 Å². The number of methoxy groups -OCH3 is 1. The lowest BCUT2D eigenvalue weighted by atomic mass is 10.1. The highest BCUT2D eigenvalue weighted by Crippen LogP contribution is 2.17. The molecule has 0 aliphatic heterocycles. The number of aliphatic hydroxyl groups excluding tert-OH is 1. The largest absolute Gasteiger partial charge is 0.497 e.